The van der Waals surface area contributed by atoms with Gasteiger partial charge in [0.25, 0.3) is 17.1 Å². The molecule has 424 valence electrons. The van der Waals surface area contributed by atoms with Crippen LogP contribution in [-0.2, 0) is 71.2 Å². The van der Waals surface area contributed by atoms with E-state index >= 15 is 0 Å². The lowest BCUT2D eigenvalue weighted by molar-refractivity contribution is -0.745. The highest BCUT2D eigenvalue weighted by atomic mass is 31.3. The number of carbonyl (C=O) groups is 1. The number of phosphoric ester groups is 2. The van der Waals surface area contributed by atoms with Crippen molar-refractivity contribution < 1.29 is 104 Å². The van der Waals surface area contributed by atoms with Gasteiger partial charge in [-0.15, -0.1) is 0 Å². The minimum atomic E-state index is -6.24. The van der Waals surface area contributed by atoms with Crippen molar-refractivity contribution in [1.82, 2.24) is 48.5 Å². The maximum absolute atomic E-state index is 14.3. The van der Waals surface area contributed by atoms with Crippen molar-refractivity contribution in [2.75, 3.05) is 52.5 Å². The van der Waals surface area contributed by atoms with Crippen LogP contribution in [0.15, 0.2) is 45.6 Å². The number of hydrogen-bond acceptors (Lipinski definition) is 26. The number of aromatic nitrogens is 10. The highest BCUT2D eigenvalue weighted by molar-refractivity contribution is 7.66. The molecule has 3 fully saturated rings. The van der Waals surface area contributed by atoms with Crippen LogP contribution in [0, 0.1) is 5.92 Å². The highest BCUT2D eigenvalue weighted by Gasteiger charge is 2.58. The lowest BCUT2D eigenvalue weighted by atomic mass is 9.92. The van der Waals surface area contributed by atoms with E-state index in [0.717, 1.165) is 36.6 Å². The first-order chi connectivity index (χ1) is 36.0. The van der Waals surface area contributed by atoms with Crippen LogP contribution >= 0.6 is 31.1 Å². The van der Waals surface area contributed by atoms with Gasteiger partial charge < -0.3 is 74.7 Å². The van der Waals surface area contributed by atoms with E-state index in [1.807, 2.05) is 4.98 Å². The summed E-state index contributed by atoms with van der Waals surface area (Å²) in [6.07, 6.45) is -12.3. The summed E-state index contributed by atoms with van der Waals surface area (Å²) in [7, 11) is -17.9. The molecule has 0 aliphatic carbocycles. The van der Waals surface area contributed by atoms with Gasteiger partial charge in [-0.05, 0) is 6.42 Å². The molecule has 3 saturated heterocycles. The smallest absolute Gasteiger partial charge is 0.387 e. The van der Waals surface area contributed by atoms with Gasteiger partial charge >= 0.3 is 42.4 Å². The summed E-state index contributed by atoms with van der Waals surface area (Å²) in [6, 6.07) is 0.923. The summed E-state index contributed by atoms with van der Waals surface area (Å²) < 4.78 is 106. The molecule has 0 radical (unpaired) electrons. The molecule has 0 bridgehead atoms. The van der Waals surface area contributed by atoms with E-state index in [4.69, 9.17) is 44.0 Å². The Morgan fingerprint density at radius 3 is 2.13 bits per heavy atom. The fraction of sp³-hybridized carbons (Fsp3) is 0.583. The normalized spacial score (nSPS) is 29.8. The number of H-pyrrole nitrogens is 2. The molecule has 37 nitrogen and oxygen atoms in total. The van der Waals surface area contributed by atoms with Crippen LogP contribution in [0.3, 0.4) is 0 Å². The third-order valence-corrected chi connectivity index (χ3v) is 18.7. The Balaban J connectivity index is 0.967. The minimum absolute atomic E-state index is 0.00690. The Labute approximate surface area is 430 Å². The lowest BCUT2D eigenvalue weighted by Crippen LogP contribution is -2.45. The number of nitrogens with two attached hydrogens (primary N) is 2. The third-order valence-electron chi connectivity index (χ3n) is 12.5. The Kier molecular flexibility index (Phi) is 16.8. The van der Waals surface area contributed by atoms with Gasteiger partial charge in [0.15, 0.2) is 30.2 Å². The molecular formula is C36H52N13O24P4+. The van der Waals surface area contributed by atoms with E-state index in [0.29, 0.717) is 0 Å². The number of rotatable bonds is 21. The number of anilines is 2. The van der Waals surface area contributed by atoms with Gasteiger partial charge in [-0.3, -0.25) is 51.7 Å². The molecule has 0 spiro atoms. The second-order valence-electron chi connectivity index (χ2n) is 17.7. The maximum Gasteiger partial charge on any atom is 0.490 e. The van der Waals surface area contributed by atoms with Gasteiger partial charge in [0.2, 0.25) is 17.7 Å². The van der Waals surface area contributed by atoms with E-state index in [1.54, 1.807) is 0 Å². The molecule has 0 saturated carbocycles. The zero-order chi connectivity index (χ0) is 56.3. The van der Waals surface area contributed by atoms with Crippen molar-refractivity contribution in [2.45, 2.75) is 79.9 Å². The van der Waals surface area contributed by atoms with E-state index in [-0.39, 0.29) is 52.8 Å². The Morgan fingerprint density at radius 1 is 0.831 bits per heavy atom. The number of hydrogen-bond donors (Lipinski definition) is 11. The molecule has 5 unspecified atom stereocenters. The molecule has 13 N–H and O–H groups in total. The molecule has 16 atom stereocenters. The number of nitrogen functional groups attached to an aromatic ring is 2. The first kappa shape index (κ1) is 58.1. The molecule has 77 heavy (non-hydrogen) atoms. The zero-order valence-electron chi connectivity index (χ0n) is 40.4. The van der Waals surface area contributed by atoms with Gasteiger partial charge in [-0.25, -0.2) is 38.0 Å². The second kappa shape index (κ2) is 22.2. The number of amides is 1. The Morgan fingerprint density at radius 2 is 1.48 bits per heavy atom. The summed E-state index contributed by atoms with van der Waals surface area (Å²) in [5.41, 5.74) is 7.21. The van der Waals surface area contributed by atoms with Gasteiger partial charge in [0, 0.05) is 45.8 Å². The number of fused-ring (bicyclic) bond motifs is 2. The molecule has 3 aliphatic heterocycles. The number of ether oxygens (including phenoxy) is 4. The van der Waals surface area contributed by atoms with Crippen molar-refractivity contribution in [3.8, 4) is 0 Å². The number of methoxy groups -OCH3 is 1. The lowest BCUT2D eigenvalue weighted by Gasteiger charge is -2.28. The van der Waals surface area contributed by atoms with Crippen molar-refractivity contribution in [2.24, 2.45) is 13.0 Å². The van der Waals surface area contributed by atoms with Gasteiger partial charge in [0.1, 0.15) is 54.1 Å². The summed E-state index contributed by atoms with van der Waals surface area (Å²) in [6.45, 7) is -3.33. The van der Waals surface area contributed by atoms with Crippen LogP contribution in [0.25, 0.3) is 22.3 Å². The number of aliphatic hydroxyl groups is 3. The summed E-state index contributed by atoms with van der Waals surface area (Å²) in [5.74, 6) is -1.87. The number of aryl methyl sites for hydroxylation is 1. The number of phosphoric acid groups is 3. The highest BCUT2D eigenvalue weighted by Crippen LogP contribution is 2.68. The van der Waals surface area contributed by atoms with Crippen LogP contribution in [0.4, 0.5) is 11.8 Å². The number of aliphatic hydroxyl groups excluding tert-OH is 3. The molecule has 41 heteroatoms. The monoisotopic (exact) mass is 1170 g/mol. The molecule has 3 aliphatic rings. The number of imidazole rings is 2. The van der Waals surface area contributed by atoms with Crippen LogP contribution in [-0.4, -0.2) is 179 Å². The first-order valence-corrected chi connectivity index (χ1v) is 28.6. The molecule has 5 aromatic rings. The number of aromatic amines is 2. The fourth-order valence-corrected chi connectivity index (χ4v) is 14.2. The molecule has 5 aromatic heterocycles. The molecular weight excluding hydrogens is 1120 g/mol. The van der Waals surface area contributed by atoms with Gasteiger partial charge in [0.05, 0.1) is 39.3 Å². The van der Waals surface area contributed by atoms with E-state index in [1.165, 1.54) is 46.1 Å². The Bertz CT molecular complexity index is 3410. The number of nitrogens with zero attached hydrogens (tertiary/aromatic N) is 9. The quantitative estimate of drug-likeness (QED) is 0.0249. The SMILES string of the molecule is CO[C@@H]1[C@H](P(=O)(O)OC[C@H]2O[C@@H](n3ccc(=O)[nH]c3=O)[C@H](O)[C@@H]2O)[C@@H](COP(=O)(O)OP(=O)(O)OP(=O)(O)OC[C@H]2OC([n+]3cn(C)c4c(=O)[nH]c(N)nc43)[C@H](O)[C@@H]2CCC(=O)N(C)C)O[C@H]1n1cnc2c(N)ncnc21. The van der Waals surface area contributed by atoms with Crippen molar-refractivity contribution >= 4 is 71.1 Å². The van der Waals surface area contributed by atoms with Gasteiger partial charge in [-0.1, -0.05) is 4.98 Å². The largest absolute Gasteiger partial charge is 0.490 e. The summed E-state index contributed by atoms with van der Waals surface area (Å²) >= 11 is 0. The predicted molar refractivity (Wildman–Crippen MR) is 252 cm³/mol. The van der Waals surface area contributed by atoms with Crippen LogP contribution in [0.1, 0.15) is 31.5 Å². The third kappa shape index (κ3) is 12.2. The van der Waals surface area contributed by atoms with Gasteiger partial charge in [-0.2, -0.15) is 8.62 Å². The van der Waals surface area contributed by atoms with Crippen molar-refractivity contribution in [3.63, 3.8) is 0 Å². The average Bonchev–Trinajstić information content (AvgIpc) is 4.16. The van der Waals surface area contributed by atoms with E-state index in [2.05, 4.69) is 33.5 Å². The molecule has 0 aromatic carbocycles. The zero-order valence-corrected chi connectivity index (χ0v) is 44.0. The standard InChI is InChI=1S/C36H51N13O24P4/c1-45(2)20(51)6-5-15-16(69-32(23(15)52)49-14-46(3)22-30(49)43-35(38)44-31(22)55)9-67-75(59,60)72-77(63,64)73-76(61,62)68-11-18-27(26(65-4)34(71-18)48-13-41-21-28(37)39-12-40-29(21)48)74(57,58)66-10-17-24(53)25(54)33(70-17)47-8-7-19(50)42-36(47)56/h7-8,12-18,23-27,32-34,52-54H,5-6,9-11H2,1-4H3,(H9-,37,38,39,40,42,43,44,50,55,56,57,58,59,60,61,62,63,64)/p+1/t15-,16-,17-,18-,23-,24-,25-,26-,27-,32?,33-,34-/m1/s1. The van der Waals surface area contributed by atoms with E-state index < -0.39 is 141 Å². The molecule has 1 amide bonds. The van der Waals surface area contributed by atoms with Crippen LogP contribution in [0.5, 0.6) is 0 Å². The first-order valence-electron chi connectivity index (χ1n) is 22.4. The maximum atomic E-state index is 14.3. The van der Waals surface area contributed by atoms with Crippen LogP contribution in [0.2, 0.25) is 0 Å². The topological polar surface area (TPSA) is 518 Å². The van der Waals surface area contributed by atoms with Crippen molar-refractivity contribution in [1.29, 1.82) is 0 Å². The molecule has 8 rings (SSSR count). The predicted octanol–water partition coefficient (Wildman–Crippen LogP) is -3.68. The summed E-state index contributed by atoms with van der Waals surface area (Å²) in [4.78, 5) is 115. The van der Waals surface area contributed by atoms with Crippen molar-refractivity contribution in [3.05, 3.63) is 62.4 Å². The number of carbonyl (C=O) groups excluding carboxylic acids is 1. The molecule has 8 heterocycles. The second-order valence-corrected chi connectivity index (χ2v) is 24.3. The number of nitrogens with one attached hydrogen (secondary N) is 2. The fourth-order valence-electron chi connectivity index (χ4n) is 8.95. The summed E-state index contributed by atoms with van der Waals surface area (Å²) in [5, 5.41) is 33.0. The Hall–Kier alpha value is -5.07. The van der Waals surface area contributed by atoms with Crippen LogP contribution < -0.4 is 32.8 Å². The minimum Gasteiger partial charge on any atom is -0.387 e. The average molecular weight is 1170 g/mol. The van der Waals surface area contributed by atoms with E-state index in [9.17, 15) is 72.3 Å².